The van der Waals surface area contributed by atoms with E-state index in [0.717, 1.165) is 6.42 Å². The van der Waals surface area contributed by atoms with E-state index in [9.17, 15) is 13.2 Å². The first-order valence-corrected chi connectivity index (χ1v) is 10.5. The molecule has 0 bridgehead atoms. The molecule has 0 N–H and O–H groups in total. The van der Waals surface area contributed by atoms with Crippen LogP contribution in [0.4, 0.5) is 0 Å². The number of hydrogen-bond donors (Lipinski definition) is 0. The Morgan fingerprint density at radius 2 is 2.04 bits per heavy atom. The first-order valence-electron chi connectivity index (χ1n) is 8.71. The van der Waals surface area contributed by atoms with Crippen LogP contribution in [0.25, 0.3) is 0 Å². The molecule has 140 valence electrons. The predicted octanol–water partition coefficient (Wildman–Crippen LogP) is 2.44. The molecule has 2 aromatic rings. The van der Waals surface area contributed by atoms with Crippen LogP contribution in [0.2, 0.25) is 0 Å². The average Bonchev–Trinajstić information content (AvgIpc) is 3.27. The van der Waals surface area contributed by atoms with Gasteiger partial charge in [-0.05, 0) is 42.7 Å². The number of aryl methyl sites for hydroxylation is 1. The largest absolute Gasteiger partial charge is 0.484 e. The smallest absolute Gasteiger partial charge is 0.261 e. The highest BCUT2D eigenvalue weighted by atomic mass is 32.2. The van der Waals surface area contributed by atoms with E-state index < -0.39 is 9.84 Å². The Balaban J connectivity index is 1.67. The van der Waals surface area contributed by atoms with Gasteiger partial charge in [-0.1, -0.05) is 19.1 Å². The summed E-state index contributed by atoms with van der Waals surface area (Å²) in [7, 11) is -3.09. The minimum atomic E-state index is -3.09. The minimum absolute atomic E-state index is 0.00928. The summed E-state index contributed by atoms with van der Waals surface area (Å²) in [5, 5.41) is 0. The zero-order chi connectivity index (χ0) is 18.6. The van der Waals surface area contributed by atoms with Crippen LogP contribution >= 0.6 is 0 Å². The van der Waals surface area contributed by atoms with Crippen molar-refractivity contribution in [3.05, 3.63) is 54.0 Å². The van der Waals surface area contributed by atoms with E-state index in [1.807, 2.05) is 24.3 Å². The first-order chi connectivity index (χ1) is 12.5. The third-order valence-electron chi connectivity index (χ3n) is 4.57. The molecule has 0 aliphatic carbocycles. The van der Waals surface area contributed by atoms with Crippen molar-refractivity contribution >= 4 is 15.7 Å². The van der Waals surface area contributed by atoms with Gasteiger partial charge >= 0.3 is 0 Å². The Morgan fingerprint density at radius 3 is 2.62 bits per heavy atom. The standard InChI is InChI=1S/C19H23NO5S/c1-2-15-5-7-17(8-6-15)25-13-19(21)20(12-18-4-3-10-24-18)16-9-11-26(22,23)14-16/h3-8,10,16H,2,9,11-14H2,1H3. The van der Waals surface area contributed by atoms with Gasteiger partial charge in [0.2, 0.25) is 0 Å². The monoisotopic (exact) mass is 377 g/mol. The van der Waals surface area contributed by atoms with Gasteiger partial charge in [0.25, 0.3) is 5.91 Å². The third-order valence-corrected chi connectivity index (χ3v) is 6.32. The minimum Gasteiger partial charge on any atom is -0.484 e. The molecule has 1 aliphatic heterocycles. The number of carbonyl (C=O) groups excluding carboxylic acids is 1. The van der Waals surface area contributed by atoms with Crippen molar-refractivity contribution in [2.24, 2.45) is 0 Å². The second-order valence-electron chi connectivity index (χ2n) is 6.44. The van der Waals surface area contributed by atoms with Gasteiger partial charge in [-0.25, -0.2) is 8.42 Å². The number of nitrogens with zero attached hydrogens (tertiary/aromatic N) is 1. The molecule has 0 radical (unpaired) electrons. The summed E-state index contributed by atoms with van der Waals surface area (Å²) < 4.78 is 34.6. The Bertz CT molecular complexity index is 827. The molecule has 0 saturated carbocycles. The fraction of sp³-hybridized carbons (Fsp3) is 0.421. The number of carbonyl (C=O) groups is 1. The summed E-state index contributed by atoms with van der Waals surface area (Å²) in [6.45, 7) is 2.18. The van der Waals surface area contributed by atoms with Crippen LogP contribution in [-0.2, 0) is 27.6 Å². The Kier molecular flexibility index (Phi) is 5.66. The van der Waals surface area contributed by atoms with Crippen LogP contribution in [0, 0.1) is 0 Å². The quantitative estimate of drug-likeness (QED) is 0.741. The van der Waals surface area contributed by atoms with Gasteiger partial charge in [0.05, 0.1) is 24.3 Å². The van der Waals surface area contributed by atoms with Crippen LogP contribution in [0.1, 0.15) is 24.7 Å². The van der Waals surface area contributed by atoms with E-state index in [2.05, 4.69) is 6.92 Å². The lowest BCUT2D eigenvalue weighted by Crippen LogP contribution is -2.43. The van der Waals surface area contributed by atoms with Gasteiger partial charge in [-0.3, -0.25) is 4.79 Å². The molecular weight excluding hydrogens is 354 g/mol. The fourth-order valence-corrected chi connectivity index (χ4v) is 4.79. The second-order valence-corrected chi connectivity index (χ2v) is 8.67. The Hall–Kier alpha value is -2.28. The molecule has 3 rings (SSSR count). The van der Waals surface area contributed by atoms with Gasteiger partial charge in [-0.2, -0.15) is 0 Å². The summed E-state index contributed by atoms with van der Waals surface area (Å²) in [6.07, 6.45) is 2.92. The molecule has 0 spiro atoms. The first kappa shape index (κ1) is 18.5. The maximum atomic E-state index is 12.7. The summed E-state index contributed by atoms with van der Waals surface area (Å²) in [5.74, 6) is 1.09. The van der Waals surface area contributed by atoms with Crippen LogP contribution in [0.3, 0.4) is 0 Å². The molecule has 1 unspecified atom stereocenters. The highest BCUT2D eigenvalue weighted by Gasteiger charge is 2.35. The molecule has 1 amide bonds. The highest BCUT2D eigenvalue weighted by molar-refractivity contribution is 7.91. The molecule has 1 saturated heterocycles. The lowest BCUT2D eigenvalue weighted by molar-refractivity contribution is -0.136. The lowest BCUT2D eigenvalue weighted by Gasteiger charge is -2.27. The van der Waals surface area contributed by atoms with E-state index in [-0.39, 0.29) is 36.6 Å². The number of ether oxygens (including phenoxy) is 1. The van der Waals surface area contributed by atoms with Gasteiger partial charge < -0.3 is 14.1 Å². The topological polar surface area (TPSA) is 76.8 Å². The van der Waals surface area contributed by atoms with Crippen molar-refractivity contribution in [3.8, 4) is 5.75 Å². The number of benzene rings is 1. The number of amides is 1. The molecule has 1 aromatic carbocycles. The number of rotatable bonds is 7. The van der Waals surface area contributed by atoms with E-state index in [0.29, 0.717) is 17.9 Å². The molecule has 6 nitrogen and oxygen atoms in total. The van der Waals surface area contributed by atoms with Crippen molar-refractivity contribution in [2.45, 2.75) is 32.4 Å². The Morgan fingerprint density at radius 1 is 1.27 bits per heavy atom. The van der Waals surface area contributed by atoms with Crippen molar-refractivity contribution in [1.82, 2.24) is 4.90 Å². The van der Waals surface area contributed by atoms with E-state index >= 15 is 0 Å². The zero-order valence-corrected chi connectivity index (χ0v) is 15.6. The van der Waals surface area contributed by atoms with Crippen LogP contribution in [0.5, 0.6) is 5.75 Å². The van der Waals surface area contributed by atoms with Gasteiger partial charge in [0, 0.05) is 6.04 Å². The second kappa shape index (κ2) is 7.95. The lowest BCUT2D eigenvalue weighted by atomic mass is 10.2. The van der Waals surface area contributed by atoms with Crippen LogP contribution in [-0.4, -0.2) is 43.4 Å². The van der Waals surface area contributed by atoms with E-state index in [4.69, 9.17) is 9.15 Å². The molecule has 7 heteroatoms. The van der Waals surface area contributed by atoms with Crippen molar-refractivity contribution in [2.75, 3.05) is 18.1 Å². The van der Waals surface area contributed by atoms with Gasteiger partial charge in [-0.15, -0.1) is 0 Å². The van der Waals surface area contributed by atoms with Crippen molar-refractivity contribution < 1.29 is 22.4 Å². The average molecular weight is 377 g/mol. The van der Waals surface area contributed by atoms with Crippen LogP contribution in [0.15, 0.2) is 47.1 Å². The molecule has 1 atom stereocenters. The normalized spacial score (nSPS) is 18.6. The summed E-state index contributed by atoms with van der Waals surface area (Å²) in [6, 6.07) is 10.8. The summed E-state index contributed by atoms with van der Waals surface area (Å²) in [4.78, 5) is 14.3. The molecular formula is C19H23NO5S. The maximum Gasteiger partial charge on any atom is 0.261 e. The molecule has 2 heterocycles. The van der Waals surface area contributed by atoms with Crippen molar-refractivity contribution in [3.63, 3.8) is 0 Å². The summed E-state index contributed by atoms with van der Waals surface area (Å²) >= 11 is 0. The SMILES string of the molecule is CCc1ccc(OCC(=O)N(Cc2ccco2)C2CCS(=O)(=O)C2)cc1. The fourth-order valence-electron chi connectivity index (χ4n) is 3.06. The summed E-state index contributed by atoms with van der Waals surface area (Å²) in [5.41, 5.74) is 1.19. The van der Waals surface area contributed by atoms with Gasteiger partial charge in [0.1, 0.15) is 11.5 Å². The zero-order valence-electron chi connectivity index (χ0n) is 14.8. The molecule has 1 fully saturated rings. The maximum absolute atomic E-state index is 12.7. The van der Waals surface area contributed by atoms with Gasteiger partial charge in [0.15, 0.2) is 16.4 Å². The number of sulfone groups is 1. The number of furan rings is 1. The van der Waals surface area contributed by atoms with E-state index in [1.165, 1.54) is 11.8 Å². The molecule has 1 aromatic heterocycles. The van der Waals surface area contributed by atoms with Crippen LogP contribution < -0.4 is 4.74 Å². The number of hydrogen-bond acceptors (Lipinski definition) is 5. The van der Waals surface area contributed by atoms with Crippen molar-refractivity contribution in [1.29, 1.82) is 0 Å². The highest BCUT2D eigenvalue weighted by Crippen LogP contribution is 2.21. The predicted molar refractivity (Wildman–Crippen MR) is 97.6 cm³/mol. The molecule has 1 aliphatic rings. The molecule has 26 heavy (non-hydrogen) atoms. The Labute approximate surface area is 153 Å². The third kappa shape index (κ3) is 4.66. The van der Waals surface area contributed by atoms with E-state index in [1.54, 1.807) is 17.0 Å².